The minimum Gasteiger partial charge on any atom is -0.490 e. The third kappa shape index (κ3) is 4.35. The Kier molecular flexibility index (Phi) is 4.85. The van der Waals surface area contributed by atoms with Crippen LogP contribution in [0.25, 0.3) is 0 Å². The van der Waals surface area contributed by atoms with E-state index in [-0.39, 0.29) is 17.4 Å². The van der Waals surface area contributed by atoms with Gasteiger partial charge in [0.2, 0.25) is 0 Å². The average molecular weight is 308 g/mol. The number of rotatable bonds is 5. The number of aldehydes is 1. The summed E-state index contributed by atoms with van der Waals surface area (Å²) in [5.74, 6) is 0.0420. The Labute approximate surface area is 126 Å². The van der Waals surface area contributed by atoms with Crippen LogP contribution in [-0.2, 0) is 12.6 Å². The van der Waals surface area contributed by atoms with Gasteiger partial charge in [0.1, 0.15) is 12.0 Å². The molecule has 116 valence electrons. The number of benzene rings is 2. The molecule has 1 atom stereocenters. The molecule has 0 spiro atoms. The maximum absolute atomic E-state index is 12.8. The molecule has 1 unspecified atom stereocenters. The van der Waals surface area contributed by atoms with Crippen LogP contribution >= 0.6 is 0 Å². The molecular formula is C17H15F3O2. The highest BCUT2D eigenvalue weighted by molar-refractivity contribution is 5.76. The van der Waals surface area contributed by atoms with Crippen molar-refractivity contribution in [3.63, 3.8) is 0 Å². The van der Waals surface area contributed by atoms with Crippen LogP contribution in [0.5, 0.6) is 5.75 Å². The van der Waals surface area contributed by atoms with Crippen LogP contribution in [0.3, 0.4) is 0 Å². The van der Waals surface area contributed by atoms with E-state index in [1.807, 2.05) is 30.3 Å². The van der Waals surface area contributed by atoms with Gasteiger partial charge in [0.25, 0.3) is 0 Å². The number of halogens is 3. The molecule has 0 heterocycles. The summed E-state index contributed by atoms with van der Waals surface area (Å²) >= 11 is 0. The lowest BCUT2D eigenvalue weighted by Gasteiger charge is -2.17. The molecule has 0 saturated heterocycles. The second-order valence-electron chi connectivity index (χ2n) is 5.02. The Hall–Kier alpha value is -2.30. The highest BCUT2D eigenvalue weighted by Gasteiger charge is 2.31. The maximum Gasteiger partial charge on any atom is 0.416 e. The summed E-state index contributed by atoms with van der Waals surface area (Å²) in [4.78, 5) is 10.8. The van der Waals surface area contributed by atoms with Crippen LogP contribution in [0.4, 0.5) is 13.2 Å². The number of ether oxygens (including phenoxy) is 1. The summed E-state index contributed by atoms with van der Waals surface area (Å²) in [6.07, 6.45) is -3.89. The Morgan fingerprint density at radius 3 is 2.41 bits per heavy atom. The number of alkyl halides is 3. The molecule has 2 rings (SSSR count). The summed E-state index contributed by atoms with van der Waals surface area (Å²) in [7, 11) is 0. The van der Waals surface area contributed by atoms with E-state index in [4.69, 9.17) is 4.74 Å². The van der Waals surface area contributed by atoms with Gasteiger partial charge in [-0.15, -0.1) is 0 Å². The fourth-order valence-electron chi connectivity index (χ4n) is 2.14. The Balaban J connectivity index is 2.16. The van der Waals surface area contributed by atoms with Crippen LogP contribution in [0, 0.1) is 0 Å². The molecule has 5 heteroatoms. The molecule has 0 aliphatic heterocycles. The standard InChI is InChI=1S/C17H15F3O2/c1-12(7-13-5-3-2-4-6-13)22-16-9-14(11-21)8-15(10-16)17(18,19)20/h2-6,8-12H,7H2,1H3. The van der Waals surface area contributed by atoms with Crippen molar-refractivity contribution in [2.75, 3.05) is 0 Å². The predicted molar refractivity (Wildman–Crippen MR) is 77.1 cm³/mol. The van der Waals surface area contributed by atoms with Crippen LogP contribution in [0.15, 0.2) is 48.5 Å². The van der Waals surface area contributed by atoms with Gasteiger partial charge >= 0.3 is 6.18 Å². The molecule has 0 N–H and O–H groups in total. The first-order valence-electron chi connectivity index (χ1n) is 6.76. The van der Waals surface area contributed by atoms with Crippen LogP contribution in [0.1, 0.15) is 28.4 Å². The molecule has 2 aromatic carbocycles. The van der Waals surface area contributed by atoms with Crippen molar-refractivity contribution in [1.82, 2.24) is 0 Å². The lowest BCUT2D eigenvalue weighted by Crippen LogP contribution is -2.16. The SMILES string of the molecule is CC(Cc1ccccc1)Oc1cc(C=O)cc(C(F)(F)F)c1. The zero-order valence-corrected chi connectivity index (χ0v) is 11.9. The van der Waals surface area contributed by atoms with E-state index in [9.17, 15) is 18.0 Å². The van der Waals surface area contributed by atoms with Crippen molar-refractivity contribution < 1.29 is 22.7 Å². The molecule has 0 saturated carbocycles. The Morgan fingerprint density at radius 2 is 1.82 bits per heavy atom. The molecule has 22 heavy (non-hydrogen) atoms. The summed E-state index contributed by atoms with van der Waals surface area (Å²) in [6.45, 7) is 1.77. The lowest BCUT2D eigenvalue weighted by atomic mass is 10.1. The summed E-state index contributed by atoms with van der Waals surface area (Å²) < 4.78 is 43.9. The van der Waals surface area contributed by atoms with E-state index in [1.165, 1.54) is 6.07 Å². The first-order chi connectivity index (χ1) is 10.4. The highest BCUT2D eigenvalue weighted by Crippen LogP contribution is 2.32. The Morgan fingerprint density at radius 1 is 1.14 bits per heavy atom. The normalized spacial score (nSPS) is 12.7. The quantitative estimate of drug-likeness (QED) is 0.759. The number of carbonyl (C=O) groups excluding carboxylic acids is 1. The molecule has 0 bridgehead atoms. The maximum atomic E-state index is 12.8. The van der Waals surface area contributed by atoms with Crippen LogP contribution < -0.4 is 4.74 Å². The molecule has 0 radical (unpaired) electrons. The molecule has 0 aromatic heterocycles. The van der Waals surface area contributed by atoms with Crippen LogP contribution in [0.2, 0.25) is 0 Å². The van der Waals surface area contributed by atoms with E-state index in [1.54, 1.807) is 6.92 Å². The van der Waals surface area contributed by atoms with E-state index in [0.717, 1.165) is 17.7 Å². The molecule has 0 aliphatic rings. The van der Waals surface area contributed by atoms with Crippen molar-refractivity contribution in [2.24, 2.45) is 0 Å². The summed E-state index contributed by atoms with van der Waals surface area (Å²) in [5.41, 5.74) is 0.0772. The third-order valence-electron chi connectivity index (χ3n) is 3.10. The number of hydrogen-bond acceptors (Lipinski definition) is 2. The molecular weight excluding hydrogens is 293 g/mol. The number of carbonyl (C=O) groups is 1. The van der Waals surface area contributed by atoms with Gasteiger partial charge in [-0.2, -0.15) is 13.2 Å². The Bertz CT molecular complexity index is 636. The molecule has 0 amide bonds. The van der Waals surface area contributed by atoms with Gasteiger partial charge in [-0.3, -0.25) is 4.79 Å². The van der Waals surface area contributed by atoms with E-state index < -0.39 is 11.7 Å². The first-order valence-corrected chi connectivity index (χ1v) is 6.76. The van der Waals surface area contributed by atoms with Gasteiger partial charge in [-0.1, -0.05) is 30.3 Å². The molecule has 0 fully saturated rings. The van der Waals surface area contributed by atoms with Gasteiger partial charge in [-0.05, 0) is 30.7 Å². The predicted octanol–water partition coefficient (Wildman–Crippen LogP) is 4.53. The lowest BCUT2D eigenvalue weighted by molar-refractivity contribution is -0.137. The second-order valence-corrected chi connectivity index (χ2v) is 5.02. The fraction of sp³-hybridized carbons (Fsp3) is 0.235. The minimum absolute atomic E-state index is 0.0420. The van der Waals surface area contributed by atoms with Crippen molar-refractivity contribution in [3.05, 3.63) is 65.2 Å². The van der Waals surface area contributed by atoms with Crippen molar-refractivity contribution in [3.8, 4) is 5.75 Å². The summed E-state index contributed by atoms with van der Waals surface area (Å²) in [5, 5.41) is 0. The largest absolute Gasteiger partial charge is 0.490 e. The fourth-order valence-corrected chi connectivity index (χ4v) is 2.14. The van der Waals surface area contributed by atoms with Crippen molar-refractivity contribution in [1.29, 1.82) is 0 Å². The first kappa shape index (κ1) is 16.1. The monoisotopic (exact) mass is 308 g/mol. The van der Waals surface area contributed by atoms with E-state index in [2.05, 4.69) is 0 Å². The van der Waals surface area contributed by atoms with Gasteiger partial charge in [0.15, 0.2) is 0 Å². The average Bonchev–Trinajstić information content (AvgIpc) is 2.46. The highest BCUT2D eigenvalue weighted by atomic mass is 19.4. The molecule has 2 nitrogen and oxygen atoms in total. The van der Waals surface area contributed by atoms with Gasteiger partial charge < -0.3 is 4.74 Å². The van der Waals surface area contributed by atoms with Gasteiger partial charge in [0.05, 0.1) is 11.7 Å². The smallest absolute Gasteiger partial charge is 0.416 e. The third-order valence-corrected chi connectivity index (χ3v) is 3.10. The minimum atomic E-state index is -4.51. The molecule has 2 aromatic rings. The zero-order chi connectivity index (χ0) is 16.2. The van der Waals surface area contributed by atoms with Crippen LogP contribution in [-0.4, -0.2) is 12.4 Å². The van der Waals surface area contributed by atoms with Crippen molar-refractivity contribution in [2.45, 2.75) is 25.6 Å². The van der Waals surface area contributed by atoms with E-state index in [0.29, 0.717) is 12.7 Å². The van der Waals surface area contributed by atoms with Gasteiger partial charge in [-0.25, -0.2) is 0 Å². The zero-order valence-electron chi connectivity index (χ0n) is 11.9. The van der Waals surface area contributed by atoms with Crippen molar-refractivity contribution >= 4 is 6.29 Å². The van der Waals surface area contributed by atoms with Gasteiger partial charge in [0, 0.05) is 12.0 Å². The number of hydrogen-bond donors (Lipinski definition) is 0. The molecule has 0 aliphatic carbocycles. The van der Waals surface area contributed by atoms with E-state index >= 15 is 0 Å². The second kappa shape index (κ2) is 6.64. The topological polar surface area (TPSA) is 26.3 Å². The summed E-state index contributed by atoms with van der Waals surface area (Å²) in [6, 6.07) is 12.5.